The average molecular weight is 307 g/mol. The van der Waals surface area contributed by atoms with E-state index in [-0.39, 0.29) is 16.5 Å². The van der Waals surface area contributed by atoms with Gasteiger partial charge in [0.05, 0.1) is 5.75 Å². The van der Waals surface area contributed by atoms with E-state index in [0.29, 0.717) is 0 Å². The number of rotatable bonds is 4. The van der Waals surface area contributed by atoms with Gasteiger partial charge in [-0.15, -0.1) is 22.0 Å². The molecule has 0 aromatic carbocycles. The van der Waals surface area contributed by atoms with Crippen LogP contribution in [-0.4, -0.2) is 30.1 Å². The van der Waals surface area contributed by atoms with Gasteiger partial charge in [0, 0.05) is 16.4 Å². The molecule has 1 aromatic rings. The highest BCUT2D eigenvalue weighted by Gasteiger charge is 2.32. The molecule has 0 bridgehead atoms. The monoisotopic (exact) mass is 306 g/mol. The second kappa shape index (κ2) is 5.40. The summed E-state index contributed by atoms with van der Waals surface area (Å²) in [5.74, 6) is -0.187. The van der Waals surface area contributed by atoms with E-state index in [1.807, 2.05) is 0 Å². The third-order valence-electron chi connectivity index (χ3n) is 1.51. The Morgan fingerprint density at radius 3 is 2.35 bits per heavy atom. The molecule has 4 nitrogen and oxygen atoms in total. The van der Waals surface area contributed by atoms with Crippen molar-refractivity contribution in [2.75, 3.05) is 11.5 Å². The van der Waals surface area contributed by atoms with E-state index in [1.165, 1.54) is 0 Å². The van der Waals surface area contributed by atoms with Gasteiger partial charge in [0.25, 0.3) is 0 Å². The Hall–Kier alpha value is -0.540. The summed E-state index contributed by atoms with van der Waals surface area (Å²) in [6.45, 7) is 0. The lowest BCUT2D eigenvalue weighted by atomic mass is 10.4. The summed E-state index contributed by atoms with van der Waals surface area (Å²) in [7, 11) is 1.36. The van der Waals surface area contributed by atoms with Crippen LogP contribution in [0.25, 0.3) is 0 Å². The fourth-order valence-corrected chi connectivity index (χ4v) is 2.96. The minimum Gasteiger partial charge on any atom is -0.212 e. The predicted octanol–water partition coefficient (Wildman–Crippen LogP) is 2.16. The van der Waals surface area contributed by atoms with Crippen molar-refractivity contribution in [2.24, 2.45) is 0 Å². The van der Waals surface area contributed by atoms with E-state index in [4.69, 9.17) is 10.7 Å². The molecule has 0 saturated heterocycles. The molecular weight excluding hydrogens is 301 g/mol. The van der Waals surface area contributed by atoms with Gasteiger partial charge in [0.2, 0.25) is 9.05 Å². The lowest BCUT2D eigenvalue weighted by Gasteiger charge is -2.04. The van der Waals surface area contributed by atoms with Crippen molar-refractivity contribution >= 4 is 31.5 Å². The summed E-state index contributed by atoms with van der Waals surface area (Å²) in [6, 6.07) is 1.91. The maximum atomic E-state index is 12.1. The predicted molar refractivity (Wildman–Crippen MR) is 57.4 cm³/mol. The molecule has 1 rings (SSSR count). The van der Waals surface area contributed by atoms with Crippen molar-refractivity contribution < 1.29 is 21.6 Å². The zero-order chi connectivity index (χ0) is 13.1. The number of thioether (sulfide) groups is 1. The number of alkyl halides is 3. The van der Waals surface area contributed by atoms with Crippen LogP contribution in [-0.2, 0) is 15.2 Å². The molecule has 0 fully saturated rings. The maximum absolute atomic E-state index is 12.1. The number of hydrogen-bond donors (Lipinski definition) is 0. The van der Waals surface area contributed by atoms with Gasteiger partial charge < -0.3 is 0 Å². The minimum absolute atomic E-state index is 0.103. The zero-order valence-corrected chi connectivity index (χ0v) is 10.5. The van der Waals surface area contributed by atoms with Crippen molar-refractivity contribution in [3.05, 3.63) is 17.8 Å². The third-order valence-corrected chi connectivity index (χ3v) is 3.84. The Kier molecular flexibility index (Phi) is 4.62. The van der Waals surface area contributed by atoms with Crippen LogP contribution in [0.5, 0.6) is 0 Å². The smallest absolute Gasteiger partial charge is 0.212 e. The van der Waals surface area contributed by atoms with Crippen LogP contribution in [0.4, 0.5) is 13.2 Å². The highest BCUT2D eigenvalue weighted by Crippen LogP contribution is 2.27. The molecule has 17 heavy (non-hydrogen) atoms. The fourth-order valence-electron chi connectivity index (χ4n) is 0.794. The lowest BCUT2D eigenvalue weighted by molar-refractivity contribution is -0.141. The van der Waals surface area contributed by atoms with Crippen molar-refractivity contribution in [1.82, 2.24) is 10.2 Å². The van der Waals surface area contributed by atoms with Gasteiger partial charge in [0.15, 0.2) is 5.69 Å². The largest absolute Gasteiger partial charge is 0.435 e. The molecular formula is C7H6ClF3N2O2S2. The standard InChI is InChI=1S/C7H6ClF3N2O2S2/c8-17(14,15)4-3-16-6-2-1-5(12-13-6)7(9,10)11/h1-2H,3-4H2. The van der Waals surface area contributed by atoms with Gasteiger partial charge in [-0.1, -0.05) is 0 Å². The second-order valence-corrected chi connectivity index (χ2v) is 6.86. The number of halogens is 4. The van der Waals surface area contributed by atoms with Gasteiger partial charge >= 0.3 is 6.18 Å². The Morgan fingerprint density at radius 2 is 1.94 bits per heavy atom. The molecule has 1 aromatic heterocycles. The Labute approximate surface area is 104 Å². The van der Waals surface area contributed by atoms with Crippen LogP contribution in [0.1, 0.15) is 5.69 Å². The first kappa shape index (κ1) is 14.5. The van der Waals surface area contributed by atoms with Crippen LogP contribution >= 0.6 is 22.4 Å². The zero-order valence-electron chi connectivity index (χ0n) is 8.11. The summed E-state index contributed by atoms with van der Waals surface area (Å²) in [6.07, 6.45) is -4.53. The topological polar surface area (TPSA) is 59.9 Å². The second-order valence-electron chi connectivity index (χ2n) is 2.85. The average Bonchev–Trinajstić information content (AvgIpc) is 2.15. The van der Waals surface area contributed by atoms with Gasteiger partial charge in [-0.3, -0.25) is 0 Å². The highest BCUT2D eigenvalue weighted by molar-refractivity contribution is 8.14. The van der Waals surface area contributed by atoms with Crippen molar-refractivity contribution in [1.29, 1.82) is 0 Å². The highest BCUT2D eigenvalue weighted by atomic mass is 35.7. The molecule has 96 valence electrons. The molecule has 0 aliphatic heterocycles. The quantitative estimate of drug-likeness (QED) is 0.630. The van der Waals surface area contributed by atoms with Gasteiger partial charge in [-0.05, 0) is 12.1 Å². The van der Waals surface area contributed by atoms with Gasteiger partial charge in [0.1, 0.15) is 5.03 Å². The molecule has 0 spiro atoms. The number of nitrogens with zero attached hydrogens (tertiary/aromatic N) is 2. The number of aromatic nitrogens is 2. The van der Waals surface area contributed by atoms with E-state index >= 15 is 0 Å². The lowest BCUT2D eigenvalue weighted by Crippen LogP contribution is -2.09. The molecule has 0 aliphatic carbocycles. The maximum Gasteiger partial charge on any atom is 0.435 e. The van der Waals surface area contributed by atoms with Crippen molar-refractivity contribution in [3.63, 3.8) is 0 Å². The van der Waals surface area contributed by atoms with E-state index < -0.39 is 20.9 Å². The van der Waals surface area contributed by atoms with E-state index in [0.717, 1.165) is 23.9 Å². The van der Waals surface area contributed by atoms with Crippen LogP contribution in [0.3, 0.4) is 0 Å². The molecule has 0 unspecified atom stereocenters. The van der Waals surface area contributed by atoms with Gasteiger partial charge in [-0.2, -0.15) is 13.2 Å². The molecule has 0 aliphatic rings. The first-order valence-electron chi connectivity index (χ1n) is 4.14. The summed E-state index contributed by atoms with van der Waals surface area (Å²) in [5, 5.41) is 6.51. The summed E-state index contributed by atoms with van der Waals surface area (Å²) in [5.41, 5.74) is -1.09. The van der Waals surface area contributed by atoms with E-state index in [2.05, 4.69) is 10.2 Å². The minimum atomic E-state index is -4.53. The molecule has 1 heterocycles. The first-order chi connectivity index (χ1) is 7.68. The molecule has 0 saturated carbocycles. The fraction of sp³-hybridized carbons (Fsp3) is 0.429. The SMILES string of the molecule is O=S(=O)(Cl)CCSc1ccc(C(F)(F)F)nn1. The molecule has 10 heteroatoms. The Morgan fingerprint density at radius 1 is 1.29 bits per heavy atom. The molecule has 0 amide bonds. The third kappa shape index (κ3) is 5.55. The van der Waals surface area contributed by atoms with Crippen LogP contribution in [0, 0.1) is 0 Å². The first-order valence-corrected chi connectivity index (χ1v) is 7.61. The van der Waals surface area contributed by atoms with Gasteiger partial charge in [-0.25, -0.2) is 8.42 Å². The summed E-state index contributed by atoms with van der Waals surface area (Å²) < 4.78 is 57.5. The normalized spacial score (nSPS) is 12.7. The van der Waals surface area contributed by atoms with Crippen LogP contribution in [0.15, 0.2) is 17.2 Å². The van der Waals surface area contributed by atoms with Crippen molar-refractivity contribution in [2.45, 2.75) is 11.2 Å². The summed E-state index contributed by atoms with van der Waals surface area (Å²) >= 11 is 0.962. The van der Waals surface area contributed by atoms with E-state index in [1.54, 1.807) is 0 Å². The summed E-state index contributed by atoms with van der Waals surface area (Å²) in [4.78, 5) is 0. The molecule has 0 radical (unpaired) electrons. The Bertz CT molecular complexity index is 475. The van der Waals surface area contributed by atoms with Crippen LogP contribution in [0.2, 0.25) is 0 Å². The number of hydrogen-bond acceptors (Lipinski definition) is 5. The van der Waals surface area contributed by atoms with E-state index in [9.17, 15) is 21.6 Å². The molecule has 0 atom stereocenters. The van der Waals surface area contributed by atoms with Crippen molar-refractivity contribution in [3.8, 4) is 0 Å². The Balaban J connectivity index is 2.58. The molecule has 0 N–H and O–H groups in total. The van der Waals surface area contributed by atoms with Crippen LogP contribution < -0.4 is 0 Å².